The molecule has 1 aromatic rings. The van der Waals surface area contributed by atoms with Gasteiger partial charge in [-0.1, -0.05) is 30.6 Å². The van der Waals surface area contributed by atoms with E-state index in [0.717, 1.165) is 0 Å². The molecule has 106 valence electrons. The lowest BCUT2D eigenvalue weighted by Crippen LogP contribution is -2.42. The first-order valence-electron chi connectivity index (χ1n) is 5.42. The van der Waals surface area contributed by atoms with Crippen LogP contribution in [0.15, 0.2) is 34.3 Å². The van der Waals surface area contributed by atoms with Gasteiger partial charge in [0, 0.05) is 17.0 Å². The van der Waals surface area contributed by atoms with Gasteiger partial charge in [-0.3, -0.25) is 0 Å². The Bertz CT molecular complexity index is 567. The van der Waals surface area contributed by atoms with Gasteiger partial charge in [-0.15, -0.1) is 0 Å². The Morgan fingerprint density at radius 2 is 1.95 bits per heavy atom. The lowest BCUT2D eigenvalue weighted by molar-refractivity contribution is 0.307. The van der Waals surface area contributed by atoms with Crippen LogP contribution in [0.3, 0.4) is 0 Å². The summed E-state index contributed by atoms with van der Waals surface area (Å²) in [7, 11) is -3.65. The molecule has 19 heavy (non-hydrogen) atoms. The average molecular weight is 306 g/mol. The fourth-order valence-electron chi connectivity index (χ4n) is 1.20. The highest BCUT2D eigenvalue weighted by Crippen LogP contribution is 2.17. The summed E-state index contributed by atoms with van der Waals surface area (Å²) in [6, 6.07) is 5.79. The molecule has 6 nitrogen and oxygen atoms in total. The number of nitrogens with two attached hydrogens (primary N) is 1. The summed E-state index contributed by atoms with van der Waals surface area (Å²) < 4.78 is 26.4. The van der Waals surface area contributed by atoms with Gasteiger partial charge in [-0.2, -0.15) is 0 Å². The zero-order valence-electron chi connectivity index (χ0n) is 10.6. The summed E-state index contributed by atoms with van der Waals surface area (Å²) in [5, 5.41) is 12.0. The molecule has 4 N–H and O–H groups in total. The molecule has 0 aliphatic carbocycles. The Kier molecular flexibility index (Phi) is 4.78. The SMILES string of the molecule is CC(C)(CNS(=O)(=O)c1ccc(Cl)cc1)/C(N)=N/O. The van der Waals surface area contributed by atoms with Gasteiger partial charge in [-0.25, -0.2) is 13.1 Å². The van der Waals surface area contributed by atoms with Gasteiger partial charge in [0.25, 0.3) is 0 Å². The highest BCUT2D eigenvalue weighted by molar-refractivity contribution is 7.89. The first kappa shape index (κ1) is 15.7. The second-order valence-corrected chi connectivity index (χ2v) is 6.85. The smallest absolute Gasteiger partial charge is 0.240 e. The topological polar surface area (TPSA) is 105 Å². The minimum atomic E-state index is -3.65. The van der Waals surface area contributed by atoms with Crippen LogP contribution in [0.1, 0.15) is 13.8 Å². The van der Waals surface area contributed by atoms with Gasteiger partial charge in [0.1, 0.15) is 5.84 Å². The average Bonchev–Trinajstić information content (AvgIpc) is 2.36. The van der Waals surface area contributed by atoms with Crippen molar-refractivity contribution >= 4 is 27.5 Å². The van der Waals surface area contributed by atoms with Gasteiger partial charge >= 0.3 is 0 Å². The van der Waals surface area contributed by atoms with Crippen LogP contribution in [0.2, 0.25) is 5.02 Å². The summed E-state index contributed by atoms with van der Waals surface area (Å²) in [6.07, 6.45) is 0. The van der Waals surface area contributed by atoms with E-state index >= 15 is 0 Å². The fourth-order valence-corrected chi connectivity index (χ4v) is 2.54. The highest BCUT2D eigenvalue weighted by Gasteiger charge is 2.26. The maximum absolute atomic E-state index is 12.0. The van der Waals surface area contributed by atoms with Crippen molar-refractivity contribution in [3.63, 3.8) is 0 Å². The number of sulfonamides is 1. The molecule has 0 radical (unpaired) electrons. The van der Waals surface area contributed by atoms with E-state index in [1.807, 2.05) is 0 Å². The number of amidine groups is 1. The van der Waals surface area contributed by atoms with Gasteiger partial charge in [-0.05, 0) is 24.3 Å². The molecule has 0 saturated heterocycles. The van der Waals surface area contributed by atoms with Crippen molar-refractivity contribution in [2.75, 3.05) is 6.54 Å². The van der Waals surface area contributed by atoms with Gasteiger partial charge in [0.2, 0.25) is 10.0 Å². The normalized spacial score (nSPS) is 13.5. The third kappa shape index (κ3) is 4.09. The second-order valence-electron chi connectivity index (χ2n) is 4.65. The molecule has 1 rings (SSSR count). The summed E-state index contributed by atoms with van der Waals surface area (Å²) >= 11 is 5.70. The third-order valence-corrected chi connectivity index (χ3v) is 4.30. The van der Waals surface area contributed by atoms with Crippen LogP contribution in [0.25, 0.3) is 0 Å². The molecule has 8 heteroatoms. The van der Waals surface area contributed by atoms with E-state index in [0.29, 0.717) is 5.02 Å². The first-order valence-corrected chi connectivity index (χ1v) is 7.28. The van der Waals surface area contributed by atoms with Crippen LogP contribution in [0, 0.1) is 5.41 Å². The molecule has 0 atom stereocenters. The van der Waals surface area contributed by atoms with E-state index in [4.69, 9.17) is 22.5 Å². The number of nitrogens with zero attached hydrogens (tertiary/aromatic N) is 1. The zero-order chi connectivity index (χ0) is 14.7. The minimum absolute atomic E-state index is 0.00779. The third-order valence-electron chi connectivity index (χ3n) is 2.63. The van der Waals surface area contributed by atoms with Crippen molar-refractivity contribution < 1.29 is 13.6 Å². The quantitative estimate of drug-likeness (QED) is 0.331. The van der Waals surface area contributed by atoms with E-state index < -0.39 is 15.4 Å². The van der Waals surface area contributed by atoms with Crippen LogP contribution >= 0.6 is 11.6 Å². The molecule has 0 aliphatic heterocycles. The molecule has 0 bridgehead atoms. The van der Waals surface area contributed by atoms with E-state index in [1.54, 1.807) is 13.8 Å². The van der Waals surface area contributed by atoms with Crippen molar-refractivity contribution in [2.45, 2.75) is 18.7 Å². The molecule has 0 amide bonds. The Balaban J connectivity index is 2.85. The first-order chi connectivity index (χ1) is 8.69. The zero-order valence-corrected chi connectivity index (χ0v) is 12.2. The highest BCUT2D eigenvalue weighted by atomic mass is 35.5. The van der Waals surface area contributed by atoms with Crippen molar-refractivity contribution in [1.82, 2.24) is 4.72 Å². The molecule has 0 fully saturated rings. The molecular weight excluding hydrogens is 290 g/mol. The monoisotopic (exact) mass is 305 g/mol. The summed E-state index contributed by atoms with van der Waals surface area (Å²) in [5.41, 5.74) is 4.69. The number of hydrogen-bond acceptors (Lipinski definition) is 4. The van der Waals surface area contributed by atoms with Crippen LogP contribution in [0.4, 0.5) is 0 Å². The minimum Gasteiger partial charge on any atom is -0.409 e. The Morgan fingerprint density at radius 3 is 2.42 bits per heavy atom. The molecule has 0 aliphatic rings. The van der Waals surface area contributed by atoms with Crippen LogP contribution in [-0.4, -0.2) is 26.0 Å². The molecule has 0 aromatic heterocycles. The van der Waals surface area contributed by atoms with E-state index in [2.05, 4.69) is 9.88 Å². The molecular formula is C11H16ClN3O3S. The van der Waals surface area contributed by atoms with Gasteiger partial charge < -0.3 is 10.9 Å². The van der Waals surface area contributed by atoms with Gasteiger partial charge in [0.05, 0.1) is 4.90 Å². The number of oxime groups is 1. The number of rotatable bonds is 5. The maximum atomic E-state index is 12.0. The molecule has 0 unspecified atom stereocenters. The number of nitrogens with one attached hydrogen (secondary N) is 1. The summed E-state index contributed by atoms with van der Waals surface area (Å²) in [5.74, 6) is -0.0497. The van der Waals surface area contributed by atoms with E-state index in [-0.39, 0.29) is 17.3 Å². The van der Waals surface area contributed by atoms with Crippen LogP contribution < -0.4 is 10.5 Å². The standard InChI is InChI=1S/C11H16ClN3O3S/c1-11(2,10(13)15-16)7-14-19(17,18)9-5-3-8(12)4-6-9/h3-6,14,16H,7H2,1-2H3,(H2,13,15). The van der Waals surface area contributed by atoms with E-state index in [9.17, 15) is 8.42 Å². The van der Waals surface area contributed by atoms with Crippen molar-refractivity contribution in [1.29, 1.82) is 0 Å². The van der Waals surface area contributed by atoms with Crippen LogP contribution in [0.5, 0.6) is 0 Å². The Hall–Kier alpha value is -1.31. The predicted molar refractivity (Wildman–Crippen MR) is 73.8 cm³/mol. The van der Waals surface area contributed by atoms with Crippen molar-refractivity contribution in [3.8, 4) is 0 Å². The maximum Gasteiger partial charge on any atom is 0.240 e. The lowest BCUT2D eigenvalue weighted by atomic mass is 9.93. The number of halogens is 1. The lowest BCUT2D eigenvalue weighted by Gasteiger charge is -2.23. The number of benzene rings is 1. The summed E-state index contributed by atoms with van der Waals surface area (Å²) in [6.45, 7) is 3.33. The molecule has 0 spiro atoms. The predicted octanol–water partition coefficient (Wildman–Crippen LogP) is 1.39. The number of hydrogen-bond donors (Lipinski definition) is 3. The largest absolute Gasteiger partial charge is 0.409 e. The van der Waals surface area contributed by atoms with Crippen molar-refractivity contribution in [3.05, 3.63) is 29.3 Å². The fraction of sp³-hybridized carbons (Fsp3) is 0.364. The van der Waals surface area contributed by atoms with Gasteiger partial charge in [0.15, 0.2) is 0 Å². The van der Waals surface area contributed by atoms with Crippen molar-refractivity contribution in [2.24, 2.45) is 16.3 Å². The van der Waals surface area contributed by atoms with E-state index in [1.165, 1.54) is 24.3 Å². The Labute approximate surface area is 117 Å². The Morgan fingerprint density at radius 1 is 1.42 bits per heavy atom. The van der Waals surface area contributed by atoms with Crippen LogP contribution in [-0.2, 0) is 10.0 Å². The summed E-state index contributed by atoms with van der Waals surface area (Å²) in [4.78, 5) is 0.104. The second kappa shape index (κ2) is 5.77. The molecule has 0 heterocycles. The molecule has 1 aromatic carbocycles. The molecule has 0 saturated carbocycles.